The summed E-state index contributed by atoms with van der Waals surface area (Å²) < 4.78 is 45.0. The molecule has 0 unspecified atom stereocenters. The lowest BCUT2D eigenvalue weighted by Gasteiger charge is -2.07. The zero-order valence-corrected chi connectivity index (χ0v) is 13.9. The molecule has 0 fully saturated rings. The molecule has 3 rings (SSSR count). The molecule has 0 aliphatic rings. The number of benzene rings is 2. The van der Waals surface area contributed by atoms with E-state index in [1.54, 1.807) is 6.92 Å². The predicted molar refractivity (Wildman–Crippen MR) is 89.5 cm³/mol. The van der Waals surface area contributed by atoms with Gasteiger partial charge in [0.15, 0.2) is 11.5 Å². The molecule has 0 aliphatic heterocycles. The molecule has 0 bridgehead atoms. The van der Waals surface area contributed by atoms with Crippen molar-refractivity contribution in [3.05, 3.63) is 65.3 Å². The van der Waals surface area contributed by atoms with Gasteiger partial charge in [-0.05, 0) is 41.8 Å². The molecule has 0 aliphatic carbocycles. The van der Waals surface area contributed by atoms with Crippen LogP contribution in [0, 0.1) is 12.7 Å². The lowest BCUT2D eigenvalue weighted by Crippen LogP contribution is -2.27. The van der Waals surface area contributed by atoms with Crippen molar-refractivity contribution in [2.75, 3.05) is 6.54 Å². The number of hydrogen-bond donors (Lipinski definition) is 1. The third kappa shape index (κ3) is 4.18. The fraction of sp³-hybridized carbons (Fsp3) is 0.235. The number of aryl methyl sites for hydroxylation is 1. The van der Waals surface area contributed by atoms with Crippen molar-refractivity contribution in [3.8, 4) is 0 Å². The lowest BCUT2D eigenvalue weighted by molar-refractivity contribution is 0.560. The smallest absolute Gasteiger partial charge is 0.215 e. The number of hydrogen-bond acceptors (Lipinski definition) is 4. The van der Waals surface area contributed by atoms with E-state index in [1.807, 2.05) is 18.2 Å². The van der Waals surface area contributed by atoms with Crippen molar-refractivity contribution >= 4 is 21.1 Å². The molecule has 5 nitrogen and oxygen atoms in total. The Morgan fingerprint density at radius 3 is 2.58 bits per heavy atom. The highest BCUT2D eigenvalue weighted by atomic mass is 32.2. The van der Waals surface area contributed by atoms with E-state index in [2.05, 4.69) is 9.71 Å². The summed E-state index contributed by atoms with van der Waals surface area (Å²) >= 11 is 0. The Morgan fingerprint density at radius 2 is 1.83 bits per heavy atom. The van der Waals surface area contributed by atoms with E-state index in [-0.39, 0.29) is 18.1 Å². The Balaban J connectivity index is 1.58. The molecule has 0 saturated carbocycles. The van der Waals surface area contributed by atoms with Crippen LogP contribution in [0.4, 0.5) is 4.39 Å². The van der Waals surface area contributed by atoms with Gasteiger partial charge in [0.25, 0.3) is 0 Å². The Kier molecular flexibility index (Phi) is 4.64. The van der Waals surface area contributed by atoms with E-state index in [1.165, 1.54) is 24.3 Å². The van der Waals surface area contributed by atoms with Gasteiger partial charge in [0.05, 0.1) is 5.75 Å². The molecule has 0 spiro atoms. The van der Waals surface area contributed by atoms with Crippen LogP contribution in [0.3, 0.4) is 0 Å². The molecule has 0 saturated heterocycles. The quantitative estimate of drug-likeness (QED) is 0.743. The molecule has 3 aromatic rings. The predicted octanol–water partition coefficient (Wildman–Crippen LogP) is 2.94. The van der Waals surface area contributed by atoms with Crippen LogP contribution in [-0.4, -0.2) is 19.9 Å². The Bertz CT molecular complexity index is 950. The number of nitrogens with zero attached hydrogens (tertiary/aromatic N) is 1. The van der Waals surface area contributed by atoms with Crippen molar-refractivity contribution in [2.24, 2.45) is 0 Å². The average molecular weight is 348 g/mol. The van der Waals surface area contributed by atoms with E-state index in [9.17, 15) is 12.8 Å². The normalized spacial score (nSPS) is 11.9. The monoisotopic (exact) mass is 348 g/mol. The lowest BCUT2D eigenvalue weighted by atomic mass is 10.1. The largest absolute Gasteiger partial charge is 0.441 e. The average Bonchev–Trinajstić information content (AvgIpc) is 2.88. The Labute approximate surface area is 139 Å². The van der Waals surface area contributed by atoms with Crippen LogP contribution in [0.5, 0.6) is 0 Å². The van der Waals surface area contributed by atoms with Crippen LogP contribution in [0.2, 0.25) is 0 Å². The summed E-state index contributed by atoms with van der Waals surface area (Å²) in [5, 5.41) is 0. The van der Waals surface area contributed by atoms with E-state index >= 15 is 0 Å². The molecule has 1 aromatic heterocycles. The summed E-state index contributed by atoms with van der Waals surface area (Å²) in [6.45, 7) is 2.06. The number of fused-ring (bicyclic) bond motifs is 1. The maximum Gasteiger partial charge on any atom is 0.215 e. The molecule has 0 amide bonds. The second-order valence-electron chi connectivity index (χ2n) is 5.56. The van der Waals surface area contributed by atoms with Gasteiger partial charge in [-0.3, -0.25) is 0 Å². The maximum absolute atomic E-state index is 12.8. The SMILES string of the molecule is Cc1nc2ccc(CCNS(=O)(=O)Cc3ccc(F)cc3)cc2o1. The first kappa shape index (κ1) is 16.6. The maximum atomic E-state index is 12.8. The van der Waals surface area contributed by atoms with Gasteiger partial charge in [-0.15, -0.1) is 0 Å². The number of sulfonamides is 1. The van der Waals surface area contributed by atoms with Gasteiger partial charge in [0.1, 0.15) is 11.3 Å². The fourth-order valence-corrected chi connectivity index (χ4v) is 3.59. The fourth-order valence-electron chi connectivity index (χ4n) is 2.44. The highest BCUT2D eigenvalue weighted by molar-refractivity contribution is 7.88. The third-order valence-corrected chi connectivity index (χ3v) is 4.92. The van der Waals surface area contributed by atoms with Gasteiger partial charge in [0, 0.05) is 13.5 Å². The summed E-state index contributed by atoms with van der Waals surface area (Å²) in [5.74, 6) is 0.0393. The van der Waals surface area contributed by atoms with Crippen LogP contribution in [0.1, 0.15) is 17.0 Å². The molecule has 7 heteroatoms. The molecular formula is C17H17FN2O3S. The van der Waals surface area contributed by atoms with Gasteiger partial charge in [-0.25, -0.2) is 22.5 Å². The highest BCUT2D eigenvalue weighted by Crippen LogP contribution is 2.17. The van der Waals surface area contributed by atoms with Crippen molar-refractivity contribution in [1.82, 2.24) is 9.71 Å². The number of aromatic nitrogens is 1. The summed E-state index contributed by atoms with van der Waals surface area (Å²) in [6.07, 6.45) is 0.540. The van der Waals surface area contributed by atoms with E-state index < -0.39 is 10.0 Å². The minimum absolute atomic E-state index is 0.173. The molecule has 126 valence electrons. The molecule has 24 heavy (non-hydrogen) atoms. The van der Waals surface area contributed by atoms with Gasteiger partial charge < -0.3 is 4.42 Å². The Hall–Kier alpha value is -2.25. The molecule has 1 heterocycles. The van der Waals surface area contributed by atoms with Gasteiger partial charge >= 0.3 is 0 Å². The molecule has 1 N–H and O–H groups in total. The number of halogens is 1. The summed E-state index contributed by atoms with van der Waals surface area (Å²) in [6, 6.07) is 11.1. The first-order valence-corrected chi connectivity index (χ1v) is 9.14. The van der Waals surface area contributed by atoms with E-state index in [4.69, 9.17) is 4.42 Å². The third-order valence-electron chi connectivity index (χ3n) is 3.57. The summed E-state index contributed by atoms with van der Waals surface area (Å²) in [5.41, 5.74) is 2.98. The van der Waals surface area contributed by atoms with E-state index in [0.29, 0.717) is 23.5 Å². The number of nitrogens with one attached hydrogen (secondary N) is 1. The zero-order chi connectivity index (χ0) is 17.2. The van der Waals surface area contributed by atoms with Crippen molar-refractivity contribution in [3.63, 3.8) is 0 Å². The molecule has 2 aromatic carbocycles. The highest BCUT2D eigenvalue weighted by Gasteiger charge is 2.11. The van der Waals surface area contributed by atoms with Crippen molar-refractivity contribution < 1.29 is 17.2 Å². The standard InChI is InChI=1S/C17H17FN2O3S/c1-12-20-16-7-4-13(10-17(16)23-12)8-9-19-24(21,22)11-14-2-5-15(18)6-3-14/h2-7,10,19H,8-9,11H2,1H3. The Morgan fingerprint density at radius 1 is 1.12 bits per heavy atom. The van der Waals surface area contributed by atoms with Crippen LogP contribution in [-0.2, 0) is 22.2 Å². The molecular weight excluding hydrogens is 331 g/mol. The van der Waals surface area contributed by atoms with Crippen LogP contribution >= 0.6 is 0 Å². The first-order chi connectivity index (χ1) is 11.4. The van der Waals surface area contributed by atoms with E-state index in [0.717, 1.165) is 11.1 Å². The van der Waals surface area contributed by atoms with Crippen LogP contribution in [0.15, 0.2) is 46.9 Å². The van der Waals surface area contributed by atoms with Gasteiger partial charge in [-0.1, -0.05) is 18.2 Å². The van der Waals surface area contributed by atoms with Crippen molar-refractivity contribution in [2.45, 2.75) is 19.1 Å². The second-order valence-corrected chi connectivity index (χ2v) is 7.37. The van der Waals surface area contributed by atoms with Gasteiger partial charge in [-0.2, -0.15) is 0 Å². The first-order valence-electron chi connectivity index (χ1n) is 7.49. The minimum atomic E-state index is -3.46. The van der Waals surface area contributed by atoms with Crippen LogP contribution in [0.25, 0.3) is 11.1 Å². The second kappa shape index (κ2) is 6.70. The minimum Gasteiger partial charge on any atom is -0.441 e. The summed E-state index contributed by atoms with van der Waals surface area (Å²) in [7, 11) is -3.46. The van der Waals surface area contributed by atoms with Gasteiger partial charge in [0.2, 0.25) is 10.0 Å². The summed E-state index contributed by atoms with van der Waals surface area (Å²) in [4.78, 5) is 4.22. The van der Waals surface area contributed by atoms with Crippen molar-refractivity contribution in [1.29, 1.82) is 0 Å². The van der Waals surface area contributed by atoms with Crippen LogP contribution < -0.4 is 4.72 Å². The number of rotatable bonds is 6. The molecule has 0 radical (unpaired) electrons. The molecule has 0 atom stereocenters. The zero-order valence-electron chi connectivity index (χ0n) is 13.1. The topological polar surface area (TPSA) is 72.2 Å². The number of oxazole rings is 1.